The second-order valence-corrected chi connectivity index (χ2v) is 5.09. The highest BCUT2D eigenvalue weighted by Gasteiger charge is 2.60. The van der Waals surface area contributed by atoms with E-state index in [2.05, 4.69) is 17.9 Å². The molecule has 1 aliphatic carbocycles. The van der Waals surface area contributed by atoms with Crippen LogP contribution in [0.5, 0.6) is 0 Å². The van der Waals surface area contributed by atoms with Crippen LogP contribution in [-0.2, 0) is 4.79 Å². The SMILES string of the molecule is C/C(C#C[C@@](O)(C(C)C)C1(C#N)CC1)=C/C(N)=O. The van der Waals surface area contributed by atoms with E-state index in [4.69, 9.17) is 5.73 Å². The molecule has 4 nitrogen and oxygen atoms in total. The van der Waals surface area contributed by atoms with Crippen LogP contribution in [0.1, 0.15) is 33.6 Å². The summed E-state index contributed by atoms with van der Waals surface area (Å²) in [6.45, 7) is 5.31. The van der Waals surface area contributed by atoms with Crippen molar-refractivity contribution < 1.29 is 9.90 Å². The summed E-state index contributed by atoms with van der Waals surface area (Å²) < 4.78 is 0. The van der Waals surface area contributed by atoms with E-state index in [1.165, 1.54) is 6.08 Å². The van der Waals surface area contributed by atoms with Gasteiger partial charge in [-0.2, -0.15) is 5.26 Å². The average Bonchev–Trinajstić information content (AvgIpc) is 3.05. The summed E-state index contributed by atoms with van der Waals surface area (Å²) in [6, 6.07) is 2.18. The van der Waals surface area contributed by atoms with E-state index in [-0.39, 0.29) is 5.92 Å². The van der Waals surface area contributed by atoms with Gasteiger partial charge in [0.2, 0.25) is 5.91 Å². The molecule has 1 rings (SSSR count). The lowest BCUT2D eigenvalue weighted by Gasteiger charge is -2.31. The molecular weight excluding hydrogens is 228 g/mol. The van der Waals surface area contributed by atoms with Gasteiger partial charge in [-0.15, -0.1) is 0 Å². The first kappa shape index (κ1) is 14.3. The van der Waals surface area contributed by atoms with Crippen molar-refractivity contribution in [3.63, 3.8) is 0 Å². The van der Waals surface area contributed by atoms with Crippen LogP contribution in [0.25, 0.3) is 0 Å². The summed E-state index contributed by atoms with van der Waals surface area (Å²) in [5.74, 6) is 4.76. The zero-order valence-electron chi connectivity index (χ0n) is 10.9. The minimum atomic E-state index is -1.34. The Kier molecular flexibility index (Phi) is 3.84. The van der Waals surface area contributed by atoms with Gasteiger partial charge in [0.25, 0.3) is 0 Å². The Morgan fingerprint density at radius 1 is 1.56 bits per heavy atom. The van der Waals surface area contributed by atoms with Gasteiger partial charge in [-0.3, -0.25) is 4.79 Å². The molecule has 0 bridgehead atoms. The molecule has 96 valence electrons. The molecule has 0 radical (unpaired) electrons. The minimum Gasteiger partial charge on any atom is -0.376 e. The lowest BCUT2D eigenvalue weighted by molar-refractivity contribution is -0.113. The van der Waals surface area contributed by atoms with Gasteiger partial charge in [0, 0.05) is 11.6 Å². The smallest absolute Gasteiger partial charge is 0.242 e. The number of nitrogens with zero attached hydrogens (tertiary/aromatic N) is 1. The molecule has 0 heterocycles. The van der Waals surface area contributed by atoms with Gasteiger partial charge in [0.15, 0.2) is 0 Å². The molecule has 1 fully saturated rings. The van der Waals surface area contributed by atoms with Gasteiger partial charge in [-0.1, -0.05) is 25.7 Å². The quantitative estimate of drug-likeness (QED) is 0.577. The van der Waals surface area contributed by atoms with E-state index in [1.54, 1.807) is 6.92 Å². The monoisotopic (exact) mass is 246 g/mol. The summed E-state index contributed by atoms with van der Waals surface area (Å²) >= 11 is 0. The Morgan fingerprint density at radius 3 is 2.44 bits per heavy atom. The minimum absolute atomic E-state index is 0.159. The summed E-state index contributed by atoms with van der Waals surface area (Å²) in [5, 5.41) is 19.8. The molecule has 18 heavy (non-hydrogen) atoms. The van der Waals surface area contributed by atoms with Crippen molar-refractivity contribution >= 4 is 5.91 Å². The third-order valence-electron chi connectivity index (χ3n) is 3.34. The lowest BCUT2D eigenvalue weighted by Crippen LogP contribution is -2.42. The van der Waals surface area contributed by atoms with Gasteiger partial charge < -0.3 is 10.8 Å². The first-order valence-electron chi connectivity index (χ1n) is 5.92. The predicted molar refractivity (Wildman–Crippen MR) is 67.8 cm³/mol. The molecule has 1 amide bonds. The number of amides is 1. The first-order chi connectivity index (χ1) is 8.27. The standard InChI is InChI=1S/C14H18N2O2/c1-10(2)14(18,13(9-15)6-7-13)5-4-11(3)8-12(16)17/h8,10,18H,6-7H2,1-3H3,(H2,16,17)/b11-8-/t14-/m1/s1. The Morgan fingerprint density at radius 2 is 2.11 bits per heavy atom. The largest absolute Gasteiger partial charge is 0.376 e. The number of aliphatic hydroxyl groups is 1. The summed E-state index contributed by atoms with van der Waals surface area (Å²) in [4.78, 5) is 10.7. The lowest BCUT2D eigenvalue weighted by atomic mass is 9.77. The fourth-order valence-electron chi connectivity index (χ4n) is 1.96. The van der Waals surface area contributed by atoms with Crippen LogP contribution in [0.15, 0.2) is 11.6 Å². The third kappa shape index (κ3) is 2.55. The maximum absolute atomic E-state index is 10.7. The zero-order valence-corrected chi connectivity index (χ0v) is 10.9. The molecule has 1 atom stereocenters. The van der Waals surface area contributed by atoms with E-state index in [1.807, 2.05) is 13.8 Å². The van der Waals surface area contributed by atoms with E-state index in [0.29, 0.717) is 18.4 Å². The first-order valence-corrected chi connectivity index (χ1v) is 5.92. The van der Waals surface area contributed by atoms with E-state index in [9.17, 15) is 15.2 Å². The van der Waals surface area contributed by atoms with Gasteiger partial charge in [0.1, 0.15) is 5.60 Å². The number of primary amides is 1. The molecule has 0 saturated heterocycles. The van der Waals surface area contributed by atoms with Crippen LogP contribution in [0.3, 0.4) is 0 Å². The van der Waals surface area contributed by atoms with Crippen molar-refractivity contribution in [3.05, 3.63) is 11.6 Å². The van der Waals surface area contributed by atoms with Crippen LogP contribution >= 0.6 is 0 Å². The predicted octanol–water partition coefficient (Wildman–Crippen LogP) is 1.11. The normalized spacial score (nSPS) is 20.3. The van der Waals surface area contributed by atoms with Crippen LogP contribution in [-0.4, -0.2) is 16.6 Å². The summed E-state index contributed by atoms with van der Waals surface area (Å²) in [5.41, 5.74) is 3.40. The van der Waals surface area contributed by atoms with Crippen LogP contribution < -0.4 is 5.73 Å². The second kappa shape index (κ2) is 4.84. The molecule has 1 aliphatic rings. The van der Waals surface area contributed by atoms with E-state index < -0.39 is 16.9 Å². The number of hydrogen-bond acceptors (Lipinski definition) is 3. The number of rotatable bonds is 3. The van der Waals surface area contributed by atoms with Crippen molar-refractivity contribution in [1.29, 1.82) is 5.26 Å². The Bertz CT molecular complexity index is 484. The maximum atomic E-state index is 10.7. The number of allylic oxidation sites excluding steroid dienone is 1. The average molecular weight is 246 g/mol. The van der Waals surface area contributed by atoms with Crippen LogP contribution in [0.2, 0.25) is 0 Å². The van der Waals surface area contributed by atoms with Crippen molar-refractivity contribution in [2.24, 2.45) is 17.1 Å². The zero-order chi connectivity index (χ0) is 14.0. The summed E-state index contributed by atoms with van der Waals surface area (Å²) in [6.07, 6.45) is 2.52. The fraction of sp³-hybridized carbons (Fsp3) is 0.571. The molecule has 4 heteroatoms. The Labute approximate surface area is 107 Å². The number of nitriles is 1. The molecule has 0 spiro atoms. The molecule has 1 saturated carbocycles. The van der Waals surface area contributed by atoms with Crippen LogP contribution in [0.4, 0.5) is 0 Å². The molecule has 3 N–H and O–H groups in total. The topological polar surface area (TPSA) is 87.1 Å². The number of carbonyl (C=O) groups is 1. The van der Waals surface area contributed by atoms with Crippen molar-refractivity contribution in [2.45, 2.75) is 39.2 Å². The number of nitrogens with two attached hydrogens (primary N) is 1. The molecule has 0 aliphatic heterocycles. The number of hydrogen-bond donors (Lipinski definition) is 2. The third-order valence-corrected chi connectivity index (χ3v) is 3.34. The Balaban J connectivity index is 3.08. The molecule has 0 aromatic carbocycles. The van der Waals surface area contributed by atoms with Gasteiger partial charge in [0.05, 0.1) is 11.5 Å². The summed E-state index contributed by atoms with van der Waals surface area (Å²) in [7, 11) is 0. The molecule has 0 unspecified atom stereocenters. The van der Waals surface area contributed by atoms with Crippen molar-refractivity contribution in [2.75, 3.05) is 0 Å². The molecular formula is C14H18N2O2. The van der Waals surface area contributed by atoms with Gasteiger partial charge >= 0.3 is 0 Å². The molecule has 0 aromatic heterocycles. The maximum Gasteiger partial charge on any atom is 0.242 e. The van der Waals surface area contributed by atoms with Crippen LogP contribution in [0, 0.1) is 34.5 Å². The Hall–Kier alpha value is -1.78. The van der Waals surface area contributed by atoms with Gasteiger partial charge in [-0.25, -0.2) is 0 Å². The van der Waals surface area contributed by atoms with Gasteiger partial charge in [-0.05, 0) is 25.7 Å². The highest BCUT2D eigenvalue weighted by atomic mass is 16.3. The molecule has 0 aromatic rings. The van der Waals surface area contributed by atoms with Crippen molar-refractivity contribution in [1.82, 2.24) is 0 Å². The number of carbonyl (C=O) groups excluding carboxylic acids is 1. The fourth-order valence-corrected chi connectivity index (χ4v) is 1.96. The van der Waals surface area contributed by atoms with Crippen molar-refractivity contribution in [3.8, 4) is 17.9 Å². The second-order valence-electron chi connectivity index (χ2n) is 5.09. The highest BCUT2D eigenvalue weighted by molar-refractivity contribution is 5.87. The highest BCUT2D eigenvalue weighted by Crippen LogP contribution is 2.56. The van der Waals surface area contributed by atoms with E-state index >= 15 is 0 Å². The van der Waals surface area contributed by atoms with E-state index in [0.717, 1.165) is 0 Å².